The summed E-state index contributed by atoms with van der Waals surface area (Å²) < 4.78 is 11.1. The van der Waals surface area contributed by atoms with Gasteiger partial charge in [-0.15, -0.1) is 0 Å². The number of nitrogens with one attached hydrogen (secondary N) is 1. The van der Waals surface area contributed by atoms with E-state index in [-0.39, 0.29) is 18.9 Å². The normalized spacial score (nSPS) is 11.0. The first-order valence-corrected chi connectivity index (χ1v) is 10.1. The molecule has 0 saturated carbocycles. The molecular weight excluding hydrogens is 380 g/mol. The fraction of sp³-hybridized carbons (Fsp3) is 0.417. The Morgan fingerprint density at radius 3 is 2.43 bits per heavy atom. The molecule has 2 aromatic carbocycles. The molecule has 2 aromatic rings. The van der Waals surface area contributed by atoms with Crippen molar-refractivity contribution < 1.29 is 19.1 Å². The van der Waals surface area contributed by atoms with Crippen molar-refractivity contribution >= 4 is 17.7 Å². The molecule has 30 heavy (non-hydrogen) atoms. The van der Waals surface area contributed by atoms with Crippen molar-refractivity contribution in [2.24, 2.45) is 0 Å². The number of amides is 2. The minimum atomic E-state index is -0.561. The lowest BCUT2D eigenvalue weighted by molar-refractivity contribution is -0.116. The summed E-state index contributed by atoms with van der Waals surface area (Å²) >= 11 is 0. The molecule has 6 nitrogen and oxygen atoms in total. The van der Waals surface area contributed by atoms with Gasteiger partial charge in [-0.1, -0.05) is 35.9 Å². The number of nitrogens with zero attached hydrogens (tertiary/aromatic N) is 1. The average Bonchev–Trinajstić information content (AvgIpc) is 2.63. The van der Waals surface area contributed by atoms with Gasteiger partial charge in [0.25, 0.3) is 0 Å². The van der Waals surface area contributed by atoms with Crippen LogP contribution in [0.15, 0.2) is 42.5 Å². The minimum Gasteiger partial charge on any atom is -0.493 e. The van der Waals surface area contributed by atoms with E-state index >= 15 is 0 Å². The molecule has 0 saturated heterocycles. The van der Waals surface area contributed by atoms with Gasteiger partial charge in [-0.3, -0.25) is 4.79 Å². The second-order valence-corrected chi connectivity index (χ2v) is 8.41. The predicted octanol–water partition coefficient (Wildman–Crippen LogP) is 5.08. The van der Waals surface area contributed by atoms with E-state index in [1.165, 1.54) is 10.5 Å². The molecule has 162 valence electrons. The van der Waals surface area contributed by atoms with E-state index < -0.39 is 11.7 Å². The number of aryl methyl sites for hydroxylation is 2. The molecule has 1 N–H and O–H groups in total. The summed E-state index contributed by atoms with van der Waals surface area (Å²) in [6, 6.07) is 13.4. The Morgan fingerprint density at radius 1 is 1.07 bits per heavy atom. The SMILES string of the molecule is Cc1ccc(OCCC(=O)Nc2ccccc2CN(C)C(=O)OC(C)(C)C)c(C)c1. The molecular formula is C24H32N2O4. The number of hydrogen-bond donors (Lipinski definition) is 1. The maximum Gasteiger partial charge on any atom is 0.410 e. The molecule has 6 heteroatoms. The van der Waals surface area contributed by atoms with Crippen LogP contribution in [0.5, 0.6) is 5.75 Å². The fourth-order valence-electron chi connectivity index (χ4n) is 2.87. The third-order valence-electron chi connectivity index (χ3n) is 4.32. The summed E-state index contributed by atoms with van der Waals surface area (Å²) in [6.07, 6.45) is -0.186. The minimum absolute atomic E-state index is 0.146. The summed E-state index contributed by atoms with van der Waals surface area (Å²) in [5.41, 5.74) is 3.16. The van der Waals surface area contributed by atoms with Crippen LogP contribution in [0.25, 0.3) is 0 Å². The number of ether oxygens (including phenoxy) is 2. The third-order valence-corrected chi connectivity index (χ3v) is 4.32. The number of rotatable bonds is 7. The molecule has 0 aromatic heterocycles. The summed E-state index contributed by atoms with van der Waals surface area (Å²) in [5.74, 6) is 0.639. The monoisotopic (exact) mass is 412 g/mol. The van der Waals surface area contributed by atoms with Gasteiger partial charge < -0.3 is 19.7 Å². The summed E-state index contributed by atoms with van der Waals surface area (Å²) in [4.78, 5) is 26.1. The van der Waals surface area contributed by atoms with Gasteiger partial charge in [0.15, 0.2) is 0 Å². The number of hydrogen-bond acceptors (Lipinski definition) is 4. The number of carbonyl (C=O) groups excluding carboxylic acids is 2. The fourth-order valence-corrected chi connectivity index (χ4v) is 2.87. The van der Waals surface area contributed by atoms with Gasteiger partial charge in [0.2, 0.25) is 5.91 Å². The number of anilines is 1. The molecule has 2 amide bonds. The van der Waals surface area contributed by atoms with Crippen molar-refractivity contribution in [3.8, 4) is 5.75 Å². The molecule has 0 aliphatic rings. The summed E-state index contributed by atoms with van der Waals surface area (Å²) in [7, 11) is 1.67. The van der Waals surface area contributed by atoms with Crippen molar-refractivity contribution in [3.63, 3.8) is 0 Å². The second kappa shape index (κ2) is 10.1. The molecule has 0 aliphatic carbocycles. The summed E-state index contributed by atoms with van der Waals surface area (Å²) in [6.45, 7) is 10.1. The molecule has 0 atom stereocenters. The lowest BCUT2D eigenvalue weighted by Crippen LogP contribution is -2.34. The molecule has 0 heterocycles. The van der Waals surface area contributed by atoms with Crippen LogP contribution in [0.3, 0.4) is 0 Å². The number of benzene rings is 2. The van der Waals surface area contributed by atoms with Crippen molar-refractivity contribution in [1.29, 1.82) is 0 Å². The van der Waals surface area contributed by atoms with Gasteiger partial charge in [-0.05, 0) is 57.9 Å². The van der Waals surface area contributed by atoms with E-state index in [1.807, 2.05) is 77.1 Å². The third kappa shape index (κ3) is 7.43. The Kier molecular flexibility index (Phi) is 7.86. The smallest absolute Gasteiger partial charge is 0.410 e. The molecule has 0 bridgehead atoms. The van der Waals surface area contributed by atoms with Crippen molar-refractivity contribution in [2.45, 2.75) is 53.2 Å². The van der Waals surface area contributed by atoms with E-state index in [0.29, 0.717) is 12.2 Å². The topological polar surface area (TPSA) is 67.9 Å². The second-order valence-electron chi connectivity index (χ2n) is 8.41. The van der Waals surface area contributed by atoms with E-state index in [9.17, 15) is 9.59 Å². The number of para-hydroxylation sites is 1. The van der Waals surface area contributed by atoms with Crippen LogP contribution in [-0.4, -0.2) is 36.2 Å². The highest BCUT2D eigenvalue weighted by Crippen LogP contribution is 2.20. The largest absolute Gasteiger partial charge is 0.493 e. The van der Waals surface area contributed by atoms with E-state index in [1.54, 1.807) is 7.05 Å². The van der Waals surface area contributed by atoms with Gasteiger partial charge in [-0.25, -0.2) is 4.79 Å². The van der Waals surface area contributed by atoms with Crippen LogP contribution in [0, 0.1) is 13.8 Å². The molecule has 0 spiro atoms. The highest BCUT2D eigenvalue weighted by atomic mass is 16.6. The van der Waals surface area contributed by atoms with Gasteiger partial charge >= 0.3 is 6.09 Å². The highest BCUT2D eigenvalue weighted by Gasteiger charge is 2.20. The first-order valence-electron chi connectivity index (χ1n) is 10.1. The van der Waals surface area contributed by atoms with Gasteiger partial charge in [0.1, 0.15) is 11.4 Å². The predicted molar refractivity (Wildman–Crippen MR) is 119 cm³/mol. The summed E-state index contributed by atoms with van der Waals surface area (Å²) in [5, 5.41) is 2.92. The van der Waals surface area contributed by atoms with Crippen molar-refractivity contribution in [1.82, 2.24) is 4.90 Å². The van der Waals surface area contributed by atoms with E-state index in [0.717, 1.165) is 16.9 Å². The number of carbonyl (C=O) groups is 2. The lowest BCUT2D eigenvalue weighted by Gasteiger charge is -2.25. The Labute approximate surface area is 179 Å². The standard InChI is InChI=1S/C24H32N2O4/c1-17-11-12-21(18(2)15-17)29-14-13-22(27)25-20-10-8-7-9-19(20)16-26(6)23(28)30-24(3,4)5/h7-12,15H,13-14,16H2,1-6H3,(H,25,27). The first kappa shape index (κ1) is 23.3. The quantitative estimate of drug-likeness (QED) is 0.689. The van der Waals surface area contributed by atoms with Gasteiger partial charge in [0, 0.05) is 12.7 Å². The Morgan fingerprint density at radius 2 is 1.77 bits per heavy atom. The van der Waals surface area contributed by atoms with E-state index in [2.05, 4.69) is 5.32 Å². The van der Waals surface area contributed by atoms with Crippen LogP contribution in [0.2, 0.25) is 0 Å². The first-order chi connectivity index (χ1) is 14.0. The van der Waals surface area contributed by atoms with Crippen LogP contribution < -0.4 is 10.1 Å². The zero-order valence-electron chi connectivity index (χ0n) is 18.7. The van der Waals surface area contributed by atoms with Gasteiger partial charge in [0.05, 0.1) is 19.6 Å². The van der Waals surface area contributed by atoms with E-state index in [4.69, 9.17) is 9.47 Å². The van der Waals surface area contributed by atoms with Crippen LogP contribution in [-0.2, 0) is 16.1 Å². The molecule has 2 rings (SSSR count). The highest BCUT2D eigenvalue weighted by molar-refractivity contribution is 5.91. The van der Waals surface area contributed by atoms with Crippen LogP contribution in [0.4, 0.5) is 10.5 Å². The molecule has 0 aliphatic heterocycles. The molecule has 0 unspecified atom stereocenters. The molecule has 0 fully saturated rings. The average molecular weight is 413 g/mol. The van der Waals surface area contributed by atoms with Gasteiger partial charge in [-0.2, -0.15) is 0 Å². The van der Waals surface area contributed by atoms with Crippen LogP contribution >= 0.6 is 0 Å². The Hall–Kier alpha value is -3.02. The van der Waals surface area contributed by atoms with Crippen molar-refractivity contribution in [2.75, 3.05) is 19.0 Å². The zero-order chi connectivity index (χ0) is 22.3. The molecule has 0 radical (unpaired) electrons. The zero-order valence-corrected chi connectivity index (χ0v) is 18.7. The Bertz CT molecular complexity index is 887. The van der Waals surface area contributed by atoms with Crippen molar-refractivity contribution in [3.05, 3.63) is 59.2 Å². The maximum atomic E-state index is 12.4. The lowest BCUT2D eigenvalue weighted by atomic mass is 10.1. The van der Waals surface area contributed by atoms with Crippen LogP contribution in [0.1, 0.15) is 43.9 Å². The maximum absolute atomic E-state index is 12.4. The Balaban J connectivity index is 1.92.